The molecule has 2 aromatic carbocycles. The molecule has 9 nitrogen and oxygen atoms in total. The van der Waals surface area contributed by atoms with Crippen molar-refractivity contribution < 1.29 is 33.9 Å². The van der Waals surface area contributed by atoms with E-state index in [1.165, 1.54) is 19.8 Å². The van der Waals surface area contributed by atoms with Gasteiger partial charge in [-0.3, -0.25) is 4.90 Å². The van der Waals surface area contributed by atoms with Gasteiger partial charge in [0, 0.05) is 43.5 Å². The van der Waals surface area contributed by atoms with Gasteiger partial charge in [0.2, 0.25) is 11.8 Å². The fourth-order valence-corrected chi connectivity index (χ4v) is 7.38. The highest BCUT2D eigenvalue weighted by atomic mass is 16.5. The molecule has 0 unspecified atom stereocenters. The van der Waals surface area contributed by atoms with Gasteiger partial charge in [0.05, 0.1) is 52.3 Å². The van der Waals surface area contributed by atoms with E-state index in [0.717, 1.165) is 24.2 Å². The van der Waals surface area contributed by atoms with Gasteiger partial charge in [0.15, 0.2) is 11.2 Å². The van der Waals surface area contributed by atoms with Crippen LogP contribution in [0.2, 0.25) is 0 Å². The maximum absolute atomic E-state index is 13.1. The molecule has 41 heavy (non-hydrogen) atoms. The second-order valence-electron chi connectivity index (χ2n) is 11.4. The fraction of sp³-hybridized carbons (Fsp3) is 0.469. The molecule has 0 bridgehead atoms. The lowest BCUT2D eigenvalue weighted by atomic mass is 9.70. The molecule has 1 aliphatic carbocycles. The third-order valence-corrected chi connectivity index (χ3v) is 9.43. The Bertz CT molecular complexity index is 1390. The van der Waals surface area contributed by atoms with Crippen LogP contribution in [0.1, 0.15) is 34.1 Å². The molecule has 3 aromatic rings. The molecule has 0 spiro atoms. The summed E-state index contributed by atoms with van der Waals surface area (Å²) >= 11 is 0. The van der Waals surface area contributed by atoms with Crippen molar-refractivity contribution in [3.05, 3.63) is 82.9 Å². The standard InChI is InChI=1S/C32H36N2O7/c1-37-26-16-25-28(30(33-26)38-2)31(36)29(35)24(17-34-12-14-39-15-13-34)27(21-6-4-3-5-7-21)32(31,41-25)23-10-8-20(9-11-23)22-18-40-19-22/h3-11,16,22,24,27,29,35-36H,12-15,17-19H2,1-2H3/t24-,27-,29-,31+,32+/m1/s1. The van der Waals surface area contributed by atoms with Gasteiger partial charge in [0.1, 0.15) is 5.75 Å². The molecule has 5 atom stereocenters. The van der Waals surface area contributed by atoms with E-state index in [-0.39, 0.29) is 11.8 Å². The summed E-state index contributed by atoms with van der Waals surface area (Å²) in [6.45, 7) is 4.75. The highest BCUT2D eigenvalue weighted by molar-refractivity contribution is 5.60. The third kappa shape index (κ3) is 3.90. The highest BCUT2D eigenvalue weighted by Crippen LogP contribution is 2.70. The van der Waals surface area contributed by atoms with Crippen LogP contribution < -0.4 is 14.2 Å². The molecule has 7 rings (SSSR count). The Morgan fingerprint density at radius 1 is 0.951 bits per heavy atom. The number of hydrogen-bond acceptors (Lipinski definition) is 9. The molecular formula is C32H36N2O7. The minimum Gasteiger partial charge on any atom is -0.481 e. The Kier molecular flexibility index (Phi) is 6.67. The zero-order valence-electron chi connectivity index (χ0n) is 23.4. The molecule has 0 radical (unpaired) electrons. The number of aromatic nitrogens is 1. The molecule has 1 saturated carbocycles. The molecular weight excluding hydrogens is 524 g/mol. The number of ether oxygens (including phenoxy) is 5. The van der Waals surface area contributed by atoms with E-state index in [1.54, 1.807) is 6.07 Å². The van der Waals surface area contributed by atoms with E-state index in [4.69, 9.17) is 23.7 Å². The first-order chi connectivity index (χ1) is 20.0. The molecule has 0 amide bonds. The maximum Gasteiger partial charge on any atom is 0.226 e. The van der Waals surface area contributed by atoms with Crippen LogP contribution >= 0.6 is 0 Å². The van der Waals surface area contributed by atoms with E-state index in [2.05, 4.69) is 34.1 Å². The van der Waals surface area contributed by atoms with Gasteiger partial charge >= 0.3 is 0 Å². The first-order valence-corrected chi connectivity index (χ1v) is 14.3. The lowest BCUT2D eigenvalue weighted by Crippen LogP contribution is -2.52. The number of aliphatic hydroxyl groups excluding tert-OH is 1. The van der Waals surface area contributed by atoms with Crippen LogP contribution in [0.25, 0.3) is 0 Å². The predicted molar refractivity (Wildman–Crippen MR) is 149 cm³/mol. The second kappa shape index (κ2) is 10.3. The minimum absolute atomic E-state index is 0.171. The first-order valence-electron chi connectivity index (χ1n) is 14.3. The molecule has 1 aromatic heterocycles. The fourth-order valence-electron chi connectivity index (χ4n) is 7.38. The number of rotatable bonds is 7. The summed E-state index contributed by atoms with van der Waals surface area (Å²) in [5.41, 5.74) is 0.0304. The van der Waals surface area contributed by atoms with Crippen LogP contribution in [-0.2, 0) is 20.7 Å². The van der Waals surface area contributed by atoms with Crippen molar-refractivity contribution in [2.24, 2.45) is 5.92 Å². The molecule has 4 heterocycles. The Hall–Kier alpha value is -3.21. The lowest BCUT2D eigenvalue weighted by Gasteiger charge is -2.41. The minimum atomic E-state index is -1.87. The van der Waals surface area contributed by atoms with Crippen LogP contribution in [0.5, 0.6) is 17.5 Å². The van der Waals surface area contributed by atoms with E-state index in [1.807, 2.05) is 30.3 Å². The summed E-state index contributed by atoms with van der Waals surface area (Å²) < 4.78 is 29.2. The first kappa shape index (κ1) is 26.7. The lowest BCUT2D eigenvalue weighted by molar-refractivity contribution is -0.152. The quantitative estimate of drug-likeness (QED) is 0.452. The van der Waals surface area contributed by atoms with Crippen molar-refractivity contribution in [2.45, 2.75) is 29.1 Å². The number of benzene rings is 2. The number of aliphatic hydroxyl groups is 2. The molecule has 2 N–H and O–H groups in total. The van der Waals surface area contributed by atoms with Crippen LogP contribution in [-0.4, -0.2) is 86.5 Å². The van der Waals surface area contributed by atoms with Crippen molar-refractivity contribution in [3.8, 4) is 17.5 Å². The average Bonchev–Trinajstić information content (AvgIpc) is 3.35. The van der Waals surface area contributed by atoms with E-state index >= 15 is 0 Å². The molecule has 9 heteroatoms. The van der Waals surface area contributed by atoms with Gasteiger partial charge in [0.25, 0.3) is 0 Å². The van der Waals surface area contributed by atoms with E-state index in [9.17, 15) is 10.2 Å². The summed E-state index contributed by atoms with van der Waals surface area (Å²) in [5.74, 6) is 0.425. The SMILES string of the molecule is COc1cc2c(c(OC)n1)[C@]1(O)[C@H](O)[C@H](CN3CCOCC3)[C@@H](c3ccccc3)[C@]1(c1ccc(C3COC3)cc1)O2. The Morgan fingerprint density at radius 2 is 1.68 bits per heavy atom. The summed E-state index contributed by atoms with van der Waals surface area (Å²) in [4.78, 5) is 6.81. The molecule has 3 aliphatic heterocycles. The average molecular weight is 561 g/mol. The van der Waals surface area contributed by atoms with E-state index < -0.39 is 23.2 Å². The number of fused-ring (bicyclic) bond motifs is 3. The molecule has 3 fully saturated rings. The number of hydrogen-bond donors (Lipinski definition) is 2. The second-order valence-corrected chi connectivity index (χ2v) is 11.4. The van der Waals surface area contributed by atoms with Crippen molar-refractivity contribution in [3.63, 3.8) is 0 Å². The smallest absolute Gasteiger partial charge is 0.226 e. The van der Waals surface area contributed by atoms with Crippen LogP contribution in [0, 0.1) is 5.92 Å². The van der Waals surface area contributed by atoms with Gasteiger partial charge in [-0.1, -0.05) is 54.6 Å². The summed E-state index contributed by atoms with van der Waals surface area (Å²) in [5, 5.41) is 25.5. The normalized spacial score (nSPS) is 31.2. The number of pyridine rings is 1. The molecule has 4 aliphatic rings. The predicted octanol–water partition coefficient (Wildman–Crippen LogP) is 2.79. The van der Waals surface area contributed by atoms with Crippen LogP contribution in [0.4, 0.5) is 0 Å². The Morgan fingerprint density at radius 3 is 2.32 bits per heavy atom. The third-order valence-electron chi connectivity index (χ3n) is 9.43. The zero-order valence-corrected chi connectivity index (χ0v) is 23.4. The summed E-state index contributed by atoms with van der Waals surface area (Å²) in [6.07, 6.45) is -1.19. The molecule has 2 saturated heterocycles. The number of nitrogens with zero attached hydrogens (tertiary/aromatic N) is 2. The highest BCUT2D eigenvalue weighted by Gasteiger charge is 2.77. The van der Waals surface area contributed by atoms with E-state index in [0.29, 0.717) is 56.1 Å². The van der Waals surface area contributed by atoms with Crippen molar-refractivity contribution in [1.82, 2.24) is 9.88 Å². The van der Waals surface area contributed by atoms with Gasteiger partial charge in [-0.25, -0.2) is 0 Å². The number of methoxy groups -OCH3 is 2. The van der Waals surface area contributed by atoms with Crippen molar-refractivity contribution in [1.29, 1.82) is 0 Å². The van der Waals surface area contributed by atoms with Gasteiger partial charge in [-0.15, -0.1) is 0 Å². The van der Waals surface area contributed by atoms with Gasteiger partial charge < -0.3 is 33.9 Å². The topological polar surface area (TPSA) is 103 Å². The van der Waals surface area contributed by atoms with Gasteiger partial charge in [-0.05, 0) is 16.7 Å². The Balaban J connectivity index is 1.45. The Labute approximate surface area is 239 Å². The molecule has 216 valence electrons. The van der Waals surface area contributed by atoms with Crippen LogP contribution in [0.3, 0.4) is 0 Å². The van der Waals surface area contributed by atoms with Crippen LogP contribution in [0.15, 0.2) is 60.7 Å². The number of morpholine rings is 1. The van der Waals surface area contributed by atoms with Crippen molar-refractivity contribution >= 4 is 0 Å². The largest absolute Gasteiger partial charge is 0.481 e. The van der Waals surface area contributed by atoms with Gasteiger partial charge in [-0.2, -0.15) is 4.98 Å². The summed E-state index contributed by atoms with van der Waals surface area (Å²) in [6, 6.07) is 20.0. The maximum atomic E-state index is 13.1. The zero-order chi connectivity index (χ0) is 28.2. The monoisotopic (exact) mass is 560 g/mol. The summed E-state index contributed by atoms with van der Waals surface area (Å²) in [7, 11) is 3.03. The van der Waals surface area contributed by atoms with Crippen molar-refractivity contribution in [2.75, 3.05) is 60.3 Å².